The highest BCUT2D eigenvalue weighted by molar-refractivity contribution is 5.86. The van der Waals surface area contributed by atoms with Gasteiger partial charge in [-0.2, -0.15) is 0 Å². The molecule has 0 aliphatic carbocycles. The van der Waals surface area contributed by atoms with E-state index in [1.54, 1.807) is 4.90 Å². The van der Waals surface area contributed by atoms with Gasteiger partial charge < -0.3 is 20.2 Å². The molecule has 21 heavy (non-hydrogen) atoms. The molecule has 122 valence electrons. The summed E-state index contributed by atoms with van der Waals surface area (Å²) in [5.74, 6) is -1.08. The molecule has 7 nitrogen and oxygen atoms in total. The third-order valence-corrected chi connectivity index (χ3v) is 3.14. The lowest BCUT2D eigenvalue weighted by atomic mass is 10.0. The lowest BCUT2D eigenvalue weighted by molar-refractivity contribution is -0.139. The molecule has 7 heteroatoms. The number of urea groups is 1. The number of amides is 3. The maximum absolute atomic E-state index is 12.0. The summed E-state index contributed by atoms with van der Waals surface area (Å²) in [5, 5.41) is 11.5. The summed E-state index contributed by atoms with van der Waals surface area (Å²) in [4.78, 5) is 37.8. The van der Waals surface area contributed by atoms with Crippen LogP contribution in [0.15, 0.2) is 0 Å². The molecule has 0 aromatic carbocycles. The fourth-order valence-corrected chi connectivity index (χ4v) is 1.90. The van der Waals surface area contributed by atoms with Gasteiger partial charge >= 0.3 is 12.0 Å². The molecule has 1 atom stereocenters. The Morgan fingerprint density at radius 1 is 1.14 bits per heavy atom. The average Bonchev–Trinajstić information content (AvgIpc) is 2.38. The van der Waals surface area contributed by atoms with Gasteiger partial charge in [-0.1, -0.05) is 13.8 Å². The molecular weight excluding hydrogens is 274 g/mol. The van der Waals surface area contributed by atoms with E-state index in [0.29, 0.717) is 19.5 Å². The molecule has 0 aromatic heterocycles. The van der Waals surface area contributed by atoms with E-state index in [4.69, 9.17) is 5.11 Å². The molecule has 3 amide bonds. The predicted octanol–water partition coefficient (Wildman–Crippen LogP) is 0.996. The Hall–Kier alpha value is -1.79. The van der Waals surface area contributed by atoms with Crippen LogP contribution < -0.4 is 5.32 Å². The van der Waals surface area contributed by atoms with Gasteiger partial charge in [0.1, 0.15) is 12.6 Å². The highest BCUT2D eigenvalue weighted by atomic mass is 16.4. The molecule has 0 heterocycles. The molecule has 0 aliphatic rings. The molecule has 0 spiro atoms. The van der Waals surface area contributed by atoms with Crippen LogP contribution in [0.1, 0.15) is 34.1 Å². The van der Waals surface area contributed by atoms with Crippen LogP contribution in [0.2, 0.25) is 0 Å². The maximum Gasteiger partial charge on any atom is 0.326 e. The van der Waals surface area contributed by atoms with Crippen molar-refractivity contribution in [3.8, 4) is 0 Å². The van der Waals surface area contributed by atoms with Crippen molar-refractivity contribution in [2.75, 3.05) is 26.7 Å². The number of carbonyl (C=O) groups is 3. The van der Waals surface area contributed by atoms with Crippen molar-refractivity contribution in [2.45, 2.75) is 40.2 Å². The minimum atomic E-state index is -1.07. The number of carboxylic acids is 1. The Morgan fingerprint density at radius 3 is 2.05 bits per heavy atom. The second-order valence-electron chi connectivity index (χ2n) is 5.39. The first kappa shape index (κ1) is 19.2. The number of carbonyl (C=O) groups excluding carboxylic acids is 2. The normalized spacial score (nSPS) is 11.9. The third kappa shape index (κ3) is 6.97. The van der Waals surface area contributed by atoms with E-state index in [1.807, 2.05) is 27.7 Å². The Kier molecular flexibility index (Phi) is 8.42. The Labute approximate surface area is 126 Å². The minimum Gasteiger partial charge on any atom is -0.480 e. The summed E-state index contributed by atoms with van der Waals surface area (Å²) in [7, 11) is 1.48. The zero-order valence-electron chi connectivity index (χ0n) is 13.5. The lowest BCUT2D eigenvalue weighted by Crippen LogP contribution is -2.50. The molecule has 0 aromatic rings. The van der Waals surface area contributed by atoms with E-state index in [1.165, 1.54) is 11.9 Å². The Balaban J connectivity index is 4.55. The first-order valence-electron chi connectivity index (χ1n) is 7.25. The van der Waals surface area contributed by atoms with Crippen molar-refractivity contribution < 1.29 is 19.5 Å². The summed E-state index contributed by atoms with van der Waals surface area (Å²) in [6, 6.07) is -1.49. The van der Waals surface area contributed by atoms with Crippen LogP contribution in [0.3, 0.4) is 0 Å². The van der Waals surface area contributed by atoms with Gasteiger partial charge in [0.05, 0.1) is 0 Å². The molecule has 0 rings (SSSR count). The van der Waals surface area contributed by atoms with E-state index in [-0.39, 0.29) is 18.4 Å². The monoisotopic (exact) mass is 301 g/mol. The van der Waals surface area contributed by atoms with Crippen LogP contribution in [0.4, 0.5) is 4.79 Å². The summed E-state index contributed by atoms with van der Waals surface area (Å²) in [6.45, 7) is 8.59. The molecule has 0 saturated carbocycles. The number of rotatable bonds is 8. The van der Waals surface area contributed by atoms with E-state index < -0.39 is 18.0 Å². The molecule has 0 bridgehead atoms. The van der Waals surface area contributed by atoms with Gasteiger partial charge in [0, 0.05) is 20.1 Å². The van der Waals surface area contributed by atoms with E-state index in [0.717, 1.165) is 0 Å². The SMILES string of the molecule is CCN(CC)C(=O)CN(C)C(=O)N[C@H](CC(C)C)C(=O)O. The largest absolute Gasteiger partial charge is 0.480 e. The molecule has 0 radical (unpaired) electrons. The van der Waals surface area contributed by atoms with Gasteiger partial charge in [-0.3, -0.25) is 4.79 Å². The molecular formula is C14H27N3O4. The van der Waals surface area contributed by atoms with Crippen molar-refractivity contribution >= 4 is 17.9 Å². The van der Waals surface area contributed by atoms with Crippen LogP contribution in [0.5, 0.6) is 0 Å². The zero-order valence-corrected chi connectivity index (χ0v) is 13.5. The van der Waals surface area contributed by atoms with Gasteiger partial charge in [0.25, 0.3) is 0 Å². The van der Waals surface area contributed by atoms with Crippen molar-refractivity contribution in [2.24, 2.45) is 5.92 Å². The number of aliphatic carboxylic acids is 1. The molecule has 0 fully saturated rings. The number of nitrogens with zero attached hydrogens (tertiary/aromatic N) is 2. The summed E-state index contributed by atoms with van der Waals surface area (Å²) in [6.07, 6.45) is 0.346. The fraction of sp³-hybridized carbons (Fsp3) is 0.786. The lowest BCUT2D eigenvalue weighted by Gasteiger charge is -2.25. The Morgan fingerprint density at radius 2 is 1.67 bits per heavy atom. The van der Waals surface area contributed by atoms with Crippen molar-refractivity contribution in [1.82, 2.24) is 15.1 Å². The average molecular weight is 301 g/mol. The van der Waals surface area contributed by atoms with E-state index in [2.05, 4.69) is 5.32 Å². The number of hydrogen-bond acceptors (Lipinski definition) is 3. The van der Waals surface area contributed by atoms with Gasteiger partial charge in [-0.15, -0.1) is 0 Å². The Bertz CT molecular complexity index is 367. The van der Waals surface area contributed by atoms with Crippen molar-refractivity contribution in [3.63, 3.8) is 0 Å². The number of likely N-dealkylation sites (N-methyl/N-ethyl adjacent to an activating group) is 2. The predicted molar refractivity (Wildman–Crippen MR) is 80.0 cm³/mol. The third-order valence-electron chi connectivity index (χ3n) is 3.14. The highest BCUT2D eigenvalue weighted by Crippen LogP contribution is 2.05. The van der Waals surface area contributed by atoms with Gasteiger partial charge in [0.2, 0.25) is 5.91 Å². The van der Waals surface area contributed by atoms with E-state index >= 15 is 0 Å². The first-order valence-corrected chi connectivity index (χ1v) is 7.25. The smallest absolute Gasteiger partial charge is 0.326 e. The summed E-state index contributed by atoms with van der Waals surface area (Å²) >= 11 is 0. The van der Waals surface area contributed by atoms with Gasteiger partial charge in [-0.05, 0) is 26.2 Å². The van der Waals surface area contributed by atoms with Crippen LogP contribution in [0, 0.1) is 5.92 Å². The topological polar surface area (TPSA) is 90.0 Å². The molecule has 0 saturated heterocycles. The first-order chi connectivity index (χ1) is 9.72. The van der Waals surface area contributed by atoms with Crippen molar-refractivity contribution in [1.29, 1.82) is 0 Å². The molecule has 0 unspecified atom stereocenters. The quantitative estimate of drug-likeness (QED) is 0.699. The van der Waals surface area contributed by atoms with Crippen LogP contribution in [-0.2, 0) is 9.59 Å². The summed E-state index contributed by atoms with van der Waals surface area (Å²) in [5.41, 5.74) is 0. The number of hydrogen-bond donors (Lipinski definition) is 2. The van der Waals surface area contributed by atoms with Crippen LogP contribution in [-0.4, -0.2) is 65.5 Å². The second kappa shape index (κ2) is 9.20. The fourth-order valence-electron chi connectivity index (χ4n) is 1.90. The highest BCUT2D eigenvalue weighted by Gasteiger charge is 2.24. The number of carboxylic acid groups (broad SMARTS) is 1. The zero-order chi connectivity index (χ0) is 16.6. The van der Waals surface area contributed by atoms with Crippen LogP contribution in [0.25, 0.3) is 0 Å². The number of nitrogens with one attached hydrogen (secondary N) is 1. The van der Waals surface area contributed by atoms with E-state index in [9.17, 15) is 14.4 Å². The minimum absolute atomic E-state index is 0.0679. The van der Waals surface area contributed by atoms with Crippen molar-refractivity contribution in [3.05, 3.63) is 0 Å². The van der Waals surface area contributed by atoms with Gasteiger partial charge in [-0.25, -0.2) is 9.59 Å². The standard InChI is InChI=1S/C14H27N3O4/c1-6-17(7-2)12(18)9-16(5)14(21)15-11(13(19)20)8-10(3)4/h10-11H,6-9H2,1-5H3,(H,15,21)(H,19,20)/t11-/m1/s1. The maximum atomic E-state index is 12.0. The van der Waals surface area contributed by atoms with Gasteiger partial charge in [0.15, 0.2) is 0 Å². The molecule has 0 aliphatic heterocycles. The molecule has 2 N–H and O–H groups in total. The van der Waals surface area contributed by atoms with Crippen LogP contribution >= 0.6 is 0 Å². The second-order valence-corrected chi connectivity index (χ2v) is 5.39. The summed E-state index contributed by atoms with van der Waals surface area (Å²) < 4.78 is 0.